The lowest BCUT2D eigenvalue weighted by Gasteiger charge is -2.07. The largest absolute Gasteiger partial charge is 0.258 e. The maximum absolute atomic E-state index is 7.06. The molecule has 1 unspecified atom stereocenters. The Morgan fingerprint density at radius 2 is 2.00 bits per heavy atom. The zero-order chi connectivity index (χ0) is 6.41. The third-order valence-electron chi connectivity index (χ3n) is 1.56. The lowest BCUT2D eigenvalue weighted by molar-refractivity contribution is 0.470. The van der Waals surface area contributed by atoms with Crippen LogP contribution in [0.5, 0.6) is 0 Å². The van der Waals surface area contributed by atoms with Crippen LogP contribution in [0.3, 0.4) is 0 Å². The van der Waals surface area contributed by atoms with E-state index in [-0.39, 0.29) is 0 Å². The summed E-state index contributed by atoms with van der Waals surface area (Å²) in [7, 11) is 0. The summed E-state index contributed by atoms with van der Waals surface area (Å²) in [6.07, 6.45) is 3.65. The van der Waals surface area contributed by atoms with E-state index in [1.54, 1.807) is 0 Å². The van der Waals surface area contributed by atoms with Gasteiger partial charge in [0.25, 0.3) is 0 Å². The standard InChI is InChI=1S/C7H16N/c1-3-5-7(4-2)6-8/h7-8H,3-6H2,1-2H3. The van der Waals surface area contributed by atoms with E-state index < -0.39 is 0 Å². The molecule has 0 aromatic rings. The first-order chi connectivity index (χ1) is 3.85. The van der Waals surface area contributed by atoms with Gasteiger partial charge in [0, 0.05) is 6.54 Å². The zero-order valence-electron chi connectivity index (χ0n) is 5.91. The number of hydrogen-bond acceptors (Lipinski definition) is 0. The molecular weight excluding hydrogens is 98.1 g/mol. The molecule has 0 spiro atoms. The van der Waals surface area contributed by atoms with Crippen LogP contribution in [0.4, 0.5) is 0 Å². The Labute approximate surface area is 52.3 Å². The van der Waals surface area contributed by atoms with Crippen LogP contribution in [-0.4, -0.2) is 6.54 Å². The van der Waals surface area contributed by atoms with E-state index >= 15 is 0 Å². The second kappa shape index (κ2) is 5.10. The van der Waals surface area contributed by atoms with E-state index in [1.807, 2.05) is 0 Å². The molecule has 0 aliphatic heterocycles. The van der Waals surface area contributed by atoms with E-state index in [2.05, 4.69) is 13.8 Å². The highest BCUT2D eigenvalue weighted by Gasteiger charge is 1.99. The van der Waals surface area contributed by atoms with Gasteiger partial charge in [-0.1, -0.05) is 26.7 Å². The molecule has 1 nitrogen and oxygen atoms in total. The molecule has 1 N–H and O–H groups in total. The lowest BCUT2D eigenvalue weighted by Crippen LogP contribution is -2.04. The molecular formula is C7H16N. The van der Waals surface area contributed by atoms with E-state index in [4.69, 9.17) is 5.73 Å². The van der Waals surface area contributed by atoms with Gasteiger partial charge in [-0.15, -0.1) is 0 Å². The van der Waals surface area contributed by atoms with Crippen LogP contribution in [-0.2, 0) is 0 Å². The maximum Gasteiger partial charge on any atom is 0.0128 e. The summed E-state index contributed by atoms with van der Waals surface area (Å²) < 4.78 is 0. The smallest absolute Gasteiger partial charge is 0.0128 e. The third kappa shape index (κ3) is 3.03. The molecule has 0 heterocycles. The van der Waals surface area contributed by atoms with Crippen molar-refractivity contribution in [2.45, 2.75) is 33.1 Å². The van der Waals surface area contributed by atoms with Crippen LogP contribution in [0.2, 0.25) is 0 Å². The molecule has 0 aromatic heterocycles. The van der Waals surface area contributed by atoms with E-state index in [1.165, 1.54) is 19.3 Å². The van der Waals surface area contributed by atoms with Gasteiger partial charge in [0.1, 0.15) is 0 Å². The Balaban J connectivity index is 3.07. The first kappa shape index (κ1) is 7.96. The van der Waals surface area contributed by atoms with Crippen LogP contribution in [0.1, 0.15) is 33.1 Å². The summed E-state index contributed by atoms with van der Waals surface area (Å²) in [6.45, 7) is 4.96. The normalized spacial score (nSPS) is 13.9. The Bertz CT molecular complexity index is 39.7. The molecule has 0 saturated heterocycles. The maximum atomic E-state index is 7.06. The van der Waals surface area contributed by atoms with Crippen molar-refractivity contribution in [2.24, 2.45) is 5.92 Å². The van der Waals surface area contributed by atoms with Crippen LogP contribution >= 0.6 is 0 Å². The lowest BCUT2D eigenvalue weighted by atomic mass is 10.0. The van der Waals surface area contributed by atoms with Crippen molar-refractivity contribution in [3.8, 4) is 0 Å². The first-order valence-corrected chi connectivity index (χ1v) is 3.49. The van der Waals surface area contributed by atoms with Gasteiger partial charge >= 0.3 is 0 Å². The minimum absolute atomic E-state index is 0.615. The van der Waals surface area contributed by atoms with Gasteiger partial charge < -0.3 is 0 Å². The van der Waals surface area contributed by atoms with Crippen molar-refractivity contribution in [2.75, 3.05) is 6.54 Å². The number of hydrogen-bond donors (Lipinski definition) is 0. The quantitative estimate of drug-likeness (QED) is 0.534. The molecule has 0 bridgehead atoms. The predicted molar refractivity (Wildman–Crippen MR) is 36.7 cm³/mol. The SMILES string of the molecule is CCCC(CC)C[NH]. The van der Waals surface area contributed by atoms with Gasteiger partial charge in [-0.3, -0.25) is 5.73 Å². The molecule has 0 saturated carbocycles. The topological polar surface area (TPSA) is 23.8 Å². The van der Waals surface area contributed by atoms with Crippen molar-refractivity contribution in [1.82, 2.24) is 5.73 Å². The molecule has 0 aliphatic carbocycles. The summed E-state index contributed by atoms with van der Waals surface area (Å²) in [5.41, 5.74) is 7.06. The minimum atomic E-state index is 0.615. The van der Waals surface area contributed by atoms with Gasteiger partial charge in [0.2, 0.25) is 0 Å². The fourth-order valence-corrected chi connectivity index (χ4v) is 0.859. The van der Waals surface area contributed by atoms with Crippen LogP contribution in [0.15, 0.2) is 0 Å². The van der Waals surface area contributed by atoms with Gasteiger partial charge in [0.05, 0.1) is 0 Å². The van der Waals surface area contributed by atoms with Crippen LogP contribution < -0.4 is 5.73 Å². The van der Waals surface area contributed by atoms with Crippen molar-refractivity contribution >= 4 is 0 Å². The highest BCUT2D eigenvalue weighted by atomic mass is 14.5. The average Bonchev–Trinajstić information content (AvgIpc) is 1.83. The minimum Gasteiger partial charge on any atom is -0.258 e. The van der Waals surface area contributed by atoms with Gasteiger partial charge in [-0.05, 0) is 12.3 Å². The van der Waals surface area contributed by atoms with Crippen molar-refractivity contribution in [3.63, 3.8) is 0 Å². The molecule has 8 heavy (non-hydrogen) atoms. The molecule has 0 rings (SSSR count). The van der Waals surface area contributed by atoms with Crippen molar-refractivity contribution in [3.05, 3.63) is 0 Å². The molecule has 0 fully saturated rings. The van der Waals surface area contributed by atoms with E-state index in [0.717, 1.165) is 0 Å². The fourth-order valence-electron chi connectivity index (χ4n) is 0.859. The molecule has 1 heteroatoms. The number of nitrogens with one attached hydrogen (secondary N) is 1. The third-order valence-corrected chi connectivity index (χ3v) is 1.56. The Hall–Kier alpha value is -0.0400. The molecule has 49 valence electrons. The first-order valence-electron chi connectivity index (χ1n) is 3.49. The molecule has 0 aliphatic rings. The Morgan fingerprint density at radius 1 is 1.38 bits per heavy atom. The van der Waals surface area contributed by atoms with Crippen LogP contribution in [0, 0.1) is 5.92 Å². The predicted octanol–water partition coefficient (Wildman–Crippen LogP) is 2.10. The van der Waals surface area contributed by atoms with E-state index in [0.29, 0.717) is 12.5 Å². The second-order valence-electron chi connectivity index (χ2n) is 2.27. The van der Waals surface area contributed by atoms with Gasteiger partial charge in [-0.25, -0.2) is 0 Å². The summed E-state index contributed by atoms with van der Waals surface area (Å²) in [4.78, 5) is 0. The summed E-state index contributed by atoms with van der Waals surface area (Å²) in [6, 6.07) is 0. The van der Waals surface area contributed by atoms with Crippen molar-refractivity contribution in [1.29, 1.82) is 0 Å². The van der Waals surface area contributed by atoms with Crippen molar-refractivity contribution < 1.29 is 0 Å². The average molecular weight is 114 g/mol. The summed E-state index contributed by atoms with van der Waals surface area (Å²) in [5.74, 6) is 0.667. The second-order valence-corrected chi connectivity index (χ2v) is 2.27. The summed E-state index contributed by atoms with van der Waals surface area (Å²) in [5, 5.41) is 0. The molecule has 0 aromatic carbocycles. The zero-order valence-corrected chi connectivity index (χ0v) is 5.91. The molecule has 1 atom stereocenters. The molecule has 1 radical (unpaired) electrons. The monoisotopic (exact) mass is 114 g/mol. The number of rotatable bonds is 4. The van der Waals surface area contributed by atoms with E-state index in [9.17, 15) is 0 Å². The highest BCUT2D eigenvalue weighted by molar-refractivity contribution is 4.54. The Morgan fingerprint density at radius 3 is 2.12 bits per heavy atom. The summed E-state index contributed by atoms with van der Waals surface area (Å²) >= 11 is 0. The Kier molecular flexibility index (Phi) is 5.08. The van der Waals surface area contributed by atoms with Gasteiger partial charge in [0.15, 0.2) is 0 Å². The van der Waals surface area contributed by atoms with Gasteiger partial charge in [-0.2, -0.15) is 0 Å². The fraction of sp³-hybridized carbons (Fsp3) is 1.00. The highest BCUT2D eigenvalue weighted by Crippen LogP contribution is 2.07. The van der Waals surface area contributed by atoms with Crippen LogP contribution in [0.25, 0.3) is 0 Å². The molecule has 0 amide bonds.